The Bertz CT molecular complexity index is 524. The lowest BCUT2D eigenvalue weighted by molar-refractivity contribution is 0.241. The van der Waals surface area contributed by atoms with Crippen molar-refractivity contribution in [3.63, 3.8) is 0 Å². The Morgan fingerprint density at radius 2 is 2.00 bits per heavy atom. The second-order valence-electron chi connectivity index (χ2n) is 4.47. The van der Waals surface area contributed by atoms with E-state index in [0.717, 1.165) is 22.8 Å². The largest absolute Gasteiger partial charge is 0.494 e. The van der Waals surface area contributed by atoms with Gasteiger partial charge in [0.15, 0.2) is 0 Å². The first kappa shape index (κ1) is 13.4. The van der Waals surface area contributed by atoms with E-state index < -0.39 is 0 Å². The van der Waals surface area contributed by atoms with E-state index in [1.165, 1.54) is 0 Å². The van der Waals surface area contributed by atoms with E-state index in [4.69, 9.17) is 9.47 Å². The van der Waals surface area contributed by atoms with Gasteiger partial charge in [0.25, 0.3) is 0 Å². The van der Waals surface area contributed by atoms with Crippen LogP contribution in [0.25, 0.3) is 11.3 Å². The molecule has 1 heterocycles. The highest BCUT2D eigenvalue weighted by Gasteiger charge is 2.10. The molecule has 0 saturated heterocycles. The van der Waals surface area contributed by atoms with Gasteiger partial charge in [-0.1, -0.05) is 6.07 Å². The molecule has 0 aliphatic carbocycles. The highest BCUT2D eigenvalue weighted by Crippen LogP contribution is 2.33. The standard InChI is InChI=1S/C16H19NO2/c1-4-18-13-8-9-14(15-7-5-6-10-17-15)16(11-13)19-12(2)3/h5-12H,4H2,1-3H3. The summed E-state index contributed by atoms with van der Waals surface area (Å²) in [7, 11) is 0. The van der Waals surface area contributed by atoms with Crippen LogP contribution >= 0.6 is 0 Å². The van der Waals surface area contributed by atoms with Gasteiger partial charge < -0.3 is 9.47 Å². The van der Waals surface area contributed by atoms with E-state index in [2.05, 4.69) is 4.98 Å². The molecule has 0 spiro atoms. The van der Waals surface area contributed by atoms with Gasteiger partial charge in [-0.05, 0) is 45.0 Å². The van der Waals surface area contributed by atoms with Crippen LogP contribution < -0.4 is 9.47 Å². The molecule has 0 aliphatic rings. The number of aromatic nitrogens is 1. The van der Waals surface area contributed by atoms with Crippen molar-refractivity contribution in [2.24, 2.45) is 0 Å². The maximum absolute atomic E-state index is 5.87. The van der Waals surface area contributed by atoms with Gasteiger partial charge in [-0.25, -0.2) is 0 Å². The predicted molar refractivity (Wildman–Crippen MR) is 76.6 cm³/mol. The van der Waals surface area contributed by atoms with Crippen molar-refractivity contribution in [3.8, 4) is 22.8 Å². The summed E-state index contributed by atoms with van der Waals surface area (Å²) >= 11 is 0. The van der Waals surface area contributed by atoms with Crippen molar-refractivity contribution in [3.05, 3.63) is 42.6 Å². The number of ether oxygens (including phenoxy) is 2. The van der Waals surface area contributed by atoms with Gasteiger partial charge in [0.05, 0.1) is 18.4 Å². The summed E-state index contributed by atoms with van der Waals surface area (Å²) in [6, 6.07) is 11.7. The van der Waals surface area contributed by atoms with Gasteiger partial charge in [-0.15, -0.1) is 0 Å². The van der Waals surface area contributed by atoms with Gasteiger partial charge in [-0.3, -0.25) is 4.98 Å². The molecule has 2 rings (SSSR count). The maximum atomic E-state index is 5.87. The minimum absolute atomic E-state index is 0.110. The van der Waals surface area contributed by atoms with Crippen LogP contribution in [0.4, 0.5) is 0 Å². The quantitative estimate of drug-likeness (QED) is 0.813. The minimum Gasteiger partial charge on any atom is -0.494 e. The zero-order chi connectivity index (χ0) is 13.7. The average Bonchev–Trinajstić information content (AvgIpc) is 2.40. The van der Waals surface area contributed by atoms with Gasteiger partial charge in [-0.2, -0.15) is 0 Å². The Balaban J connectivity index is 2.41. The van der Waals surface area contributed by atoms with Crippen molar-refractivity contribution < 1.29 is 9.47 Å². The first-order chi connectivity index (χ1) is 9.20. The highest BCUT2D eigenvalue weighted by atomic mass is 16.5. The van der Waals surface area contributed by atoms with E-state index in [1.807, 2.05) is 57.2 Å². The first-order valence-corrected chi connectivity index (χ1v) is 6.55. The fraction of sp³-hybridized carbons (Fsp3) is 0.312. The lowest BCUT2D eigenvalue weighted by Gasteiger charge is -2.15. The van der Waals surface area contributed by atoms with Crippen LogP contribution in [0.5, 0.6) is 11.5 Å². The third-order valence-electron chi connectivity index (χ3n) is 2.57. The first-order valence-electron chi connectivity index (χ1n) is 6.55. The molecule has 1 aromatic heterocycles. The van der Waals surface area contributed by atoms with Crippen LogP contribution in [0.1, 0.15) is 20.8 Å². The topological polar surface area (TPSA) is 31.4 Å². The smallest absolute Gasteiger partial charge is 0.132 e. The molecule has 3 nitrogen and oxygen atoms in total. The Labute approximate surface area is 114 Å². The average molecular weight is 257 g/mol. The molecule has 0 radical (unpaired) electrons. The van der Waals surface area contributed by atoms with E-state index >= 15 is 0 Å². The molecule has 0 saturated carbocycles. The number of hydrogen-bond acceptors (Lipinski definition) is 3. The summed E-state index contributed by atoms with van der Waals surface area (Å²) in [4.78, 5) is 4.37. The summed E-state index contributed by atoms with van der Waals surface area (Å²) in [6.45, 7) is 6.63. The Morgan fingerprint density at radius 1 is 1.16 bits per heavy atom. The fourth-order valence-electron chi connectivity index (χ4n) is 1.84. The second kappa shape index (κ2) is 6.23. The van der Waals surface area contributed by atoms with Crippen molar-refractivity contribution in [1.29, 1.82) is 0 Å². The Kier molecular flexibility index (Phi) is 4.39. The third kappa shape index (κ3) is 3.47. The molecule has 100 valence electrons. The van der Waals surface area contributed by atoms with Crippen molar-refractivity contribution in [2.75, 3.05) is 6.61 Å². The van der Waals surface area contributed by atoms with Crippen LogP contribution in [0, 0.1) is 0 Å². The van der Waals surface area contributed by atoms with Gasteiger partial charge in [0.1, 0.15) is 11.5 Å². The molecule has 0 bridgehead atoms. The van der Waals surface area contributed by atoms with Gasteiger partial charge >= 0.3 is 0 Å². The Morgan fingerprint density at radius 3 is 2.63 bits per heavy atom. The molecule has 0 amide bonds. The third-order valence-corrected chi connectivity index (χ3v) is 2.57. The van der Waals surface area contributed by atoms with Crippen LogP contribution in [0.2, 0.25) is 0 Å². The fourth-order valence-corrected chi connectivity index (χ4v) is 1.84. The molecule has 0 atom stereocenters. The monoisotopic (exact) mass is 257 g/mol. The molecule has 1 aromatic carbocycles. The van der Waals surface area contributed by atoms with Crippen molar-refractivity contribution in [1.82, 2.24) is 4.98 Å². The number of benzene rings is 1. The number of nitrogens with zero attached hydrogens (tertiary/aromatic N) is 1. The molecule has 0 N–H and O–H groups in total. The van der Waals surface area contributed by atoms with E-state index in [-0.39, 0.29) is 6.10 Å². The minimum atomic E-state index is 0.110. The molecule has 0 fully saturated rings. The molecule has 3 heteroatoms. The second-order valence-corrected chi connectivity index (χ2v) is 4.47. The lowest BCUT2D eigenvalue weighted by Crippen LogP contribution is -2.07. The van der Waals surface area contributed by atoms with Crippen LogP contribution in [-0.2, 0) is 0 Å². The molecular weight excluding hydrogens is 238 g/mol. The summed E-state index contributed by atoms with van der Waals surface area (Å²) in [5, 5.41) is 0. The molecule has 19 heavy (non-hydrogen) atoms. The summed E-state index contributed by atoms with van der Waals surface area (Å²) < 4.78 is 11.4. The molecular formula is C16H19NO2. The van der Waals surface area contributed by atoms with E-state index in [1.54, 1.807) is 6.20 Å². The summed E-state index contributed by atoms with van der Waals surface area (Å²) in [6.07, 6.45) is 1.89. The van der Waals surface area contributed by atoms with Crippen molar-refractivity contribution in [2.45, 2.75) is 26.9 Å². The Hall–Kier alpha value is -2.03. The summed E-state index contributed by atoms with van der Waals surface area (Å²) in [5.74, 6) is 1.62. The summed E-state index contributed by atoms with van der Waals surface area (Å²) in [5.41, 5.74) is 1.89. The van der Waals surface area contributed by atoms with Crippen LogP contribution in [0.15, 0.2) is 42.6 Å². The zero-order valence-electron chi connectivity index (χ0n) is 11.6. The molecule has 0 unspecified atom stereocenters. The number of rotatable bonds is 5. The maximum Gasteiger partial charge on any atom is 0.132 e. The zero-order valence-corrected chi connectivity index (χ0v) is 11.6. The van der Waals surface area contributed by atoms with Crippen LogP contribution in [0.3, 0.4) is 0 Å². The number of pyridine rings is 1. The molecule has 2 aromatic rings. The van der Waals surface area contributed by atoms with Gasteiger partial charge in [0, 0.05) is 17.8 Å². The van der Waals surface area contributed by atoms with Crippen molar-refractivity contribution >= 4 is 0 Å². The van der Waals surface area contributed by atoms with E-state index in [9.17, 15) is 0 Å². The molecule has 0 aliphatic heterocycles. The lowest BCUT2D eigenvalue weighted by atomic mass is 10.1. The SMILES string of the molecule is CCOc1ccc(-c2ccccn2)c(OC(C)C)c1. The van der Waals surface area contributed by atoms with Gasteiger partial charge in [0.2, 0.25) is 0 Å². The number of hydrogen-bond donors (Lipinski definition) is 0. The highest BCUT2D eigenvalue weighted by molar-refractivity contribution is 5.68. The predicted octanol–water partition coefficient (Wildman–Crippen LogP) is 3.93. The van der Waals surface area contributed by atoms with E-state index in [0.29, 0.717) is 6.61 Å². The normalized spacial score (nSPS) is 10.5. The van der Waals surface area contributed by atoms with Crippen LogP contribution in [-0.4, -0.2) is 17.7 Å².